The van der Waals surface area contributed by atoms with Gasteiger partial charge in [-0.25, -0.2) is 0 Å². The van der Waals surface area contributed by atoms with Gasteiger partial charge in [0.15, 0.2) is 0 Å². The minimum Gasteiger partial charge on any atom is -0.372 e. The van der Waals surface area contributed by atoms with Crippen LogP contribution in [0.25, 0.3) is 0 Å². The van der Waals surface area contributed by atoms with Crippen LogP contribution in [0.4, 0.5) is 13.2 Å². The summed E-state index contributed by atoms with van der Waals surface area (Å²) >= 11 is 11.9. The van der Waals surface area contributed by atoms with Crippen LogP contribution in [0, 0.1) is 0 Å². The Balaban J connectivity index is 2.56. The summed E-state index contributed by atoms with van der Waals surface area (Å²) in [6, 6.07) is 4.79. The molecule has 0 aromatic heterocycles. The summed E-state index contributed by atoms with van der Waals surface area (Å²) in [4.78, 5) is 0. The average molecular weight is 316 g/mol. The molecule has 108 valence electrons. The van der Waals surface area contributed by atoms with E-state index < -0.39 is 12.8 Å². The Hall–Kier alpha value is -0.490. The van der Waals surface area contributed by atoms with Gasteiger partial charge in [-0.2, -0.15) is 13.2 Å². The van der Waals surface area contributed by atoms with Gasteiger partial charge in [0, 0.05) is 22.7 Å². The maximum atomic E-state index is 11.9. The van der Waals surface area contributed by atoms with Crippen LogP contribution >= 0.6 is 23.2 Å². The van der Waals surface area contributed by atoms with E-state index in [-0.39, 0.29) is 12.6 Å². The highest BCUT2D eigenvalue weighted by atomic mass is 35.5. The smallest absolute Gasteiger partial charge is 0.372 e. The summed E-state index contributed by atoms with van der Waals surface area (Å²) < 4.78 is 40.3. The Kier molecular flexibility index (Phi) is 6.39. The lowest BCUT2D eigenvalue weighted by atomic mass is 10.0. The largest absolute Gasteiger partial charge is 0.411 e. The molecule has 1 atom stereocenters. The molecular weight excluding hydrogens is 302 g/mol. The second-order valence-electron chi connectivity index (χ2n) is 3.96. The summed E-state index contributed by atoms with van der Waals surface area (Å²) in [5, 5.41) is 4.02. The molecule has 19 heavy (non-hydrogen) atoms. The van der Waals surface area contributed by atoms with E-state index in [2.05, 4.69) is 10.1 Å². The number of nitrogens with one attached hydrogen (secondary N) is 1. The number of halogens is 5. The number of benzene rings is 1. The monoisotopic (exact) mass is 315 g/mol. The Morgan fingerprint density at radius 3 is 2.58 bits per heavy atom. The summed E-state index contributed by atoms with van der Waals surface area (Å²) in [7, 11) is 1.70. The van der Waals surface area contributed by atoms with Crippen molar-refractivity contribution < 1.29 is 17.9 Å². The fourth-order valence-electron chi connectivity index (χ4n) is 1.63. The number of alkyl halides is 3. The van der Waals surface area contributed by atoms with Gasteiger partial charge in [0.1, 0.15) is 6.61 Å². The predicted octanol–water partition coefficient (Wildman–Crippen LogP) is 4.22. The molecule has 2 nitrogen and oxygen atoms in total. The second-order valence-corrected chi connectivity index (χ2v) is 4.81. The second kappa shape index (κ2) is 7.33. The molecule has 0 saturated heterocycles. The molecule has 0 saturated carbocycles. The van der Waals surface area contributed by atoms with Gasteiger partial charge in [0.25, 0.3) is 0 Å². The Morgan fingerprint density at radius 1 is 1.32 bits per heavy atom. The molecule has 7 heteroatoms. The van der Waals surface area contributed by atoms with Gasteiger partial charge in [-0.05, 0) is 37.2 Å². The van der Waals surface area contributed by atoms with Crippen LogP contribution in [0.2, 0.25) is 10.0 Å². The SMILES string of the molecule is CNC(CCOCC(F)(F)F)c1cc(Cl)ccc1Cl. The van der Waals surface area contributed by atoms with Crippen molar-refractivity contribution in [3.05, 3.63) is 33.8 Å². The third kappa shape index (κ3) is 5.99. The third-order valence-corrected chi connectivity index (χ3v) is 3.08. The molecule has 1 N–H and O–H groups in total. The van der Waals surface area contributed by atoms with Gasteiger partial charge in [0.05, 0.1) is 0 Å². The van der Waals surface area contributed by atoms with Crippen molar-refractivity contribution in [2.75, 3.05) is 20.3 Å². The minimum atomic E-state index is -4.30. The maximum Gasteiger partial charge on any atom is 0.411 e. The fourth-order valence-corrected chi connectivity index (χ4v) is 2.06. The lowest BCUT2D eigenvalue weighted by molar-refractivity contribution is -0.174. The molecule has 0 spiro atoms. The number of ether oxygens (including phenoxy) is 1. The highest BCUT2D eigenvalue weighted by molar-refractivity contribution is 6.33. The van der Waals surface area contributed by atoms with Gasteiger partial charge in [-0.1, -0.05) is 23.2 Å². The van der Waals surface area contributed by atoms with E-state index >= 15 is 0 Å². The summed E-state index contributed by atoms with van der Waals surface area (Å²) in [6.07, 6.45) is -3.94. The van der Waals surface area contributed by atoms with Crippen LogP contribution in [0.5, 0.6) is 0 Å². The number of rotatable bonds is 6. The van der Waals surface area contributed by atoms with Crippen LogP contribution in [-0.4, -0.2) is 26.4 Å². The van der Waals surface area contributed by atoms with Crippen LogP contribution in [0.3, 0.4) is 0 Å². The molecule has 0 amide bonds. The van der Waals surface area contributed by atoms with Crippen LogP contribution in [-0.2, 0) is 4.74 Å². The zero-order valence-electron chi connectivity index (χ0n) is 10.2. The molecule has 0 heterocycles. The molecule has 1 rings (SSSR count). The van der Waals surface area contributed by atoms with Crippen molar-refractivity contribution >= 4 is 23.2 Å². The first-order chi connectivity index (χ1) is 8.83. The van der Waals surface area contributed by atoms with Gasteiger partial charge >= 0.3 is 6.18 Å². The molecule has 0 bridgehead atoms. The Labute approximate surface area is 119 Å². The van der Waals surface area contributed by atoms with Crippen molar-refractivity contribution in [1.82, 2.24) is 5.32 Å². The van der Waals surface area contributed by atoms with E-state index in [1.165, 1.54) is 0 Å². The van der Waals surface area contributed by atoms with Crippen LogP contribution < -0.4 is 5.32 Å². The van der Waals surface area contributed by atoms with E-state index in [0.29, 0.717) is 16.5 Å². The molecule has 0 aliphatic carbocycles. The quantitative estimate of drug-likeness (QED) is 0.793. The van der Waals surface area contributed by atoms with E-state index in [0.717, 1.165) is 5.56 Å². The van der Waals surface area contributed by atoms with Crippen molar-refractivity contribution in [2.45, 2.75) is 18.6 Å². The topological polar surface area (TPSA) is 21.3 Å². The van der Waals surface area contributed by atoms with Crippen molar-refractivity contribution in [3.63, 3.8) is 0 Å². The molecule has 1 aromatic rings. The van der Waals surface area contributed by atoms with Crippen molar-refractivity contribution in [1.29, 1.82) is 0 Å². The summed E-state index contributed by atoms with van der Waals surface area (Å²) in [6.45, 7) is -1.26. The summed E-state index contributed by atoms with van der Waals surface area (Å²) in [5.74, 6) is 0. The highest BCUT2D eigenvalue weighted by Gasteiger charge is 2.27. The van der Waals surface area contributed by atoms with E-state index in [1.54, 1.807) is 25.2 Å². The minimum absolute atomic E-state index is 0.0200. The zero-order chi connectivity index (χ0) is 14.5. The zero-order valence-corrected chi connectivity index (χ0v) is 11.7. The molecule has 0 radical (unpaired) electrons. The van der Waals surface area contributed by atoms with E-state index in [4.69, 9.17) is 23.2 Å². The first kappa shape index (κ1) is 16.6. The molecule has 0 fully saturated rings. The van der Waals surface area contributed by atoms with E-state index in [9.17, 15) is 13.2 Å². The molecule has 1 aromatic carbocycles. The Bertz CT molecular complexity index is 412. The molecular formula is C12H14Cl2F3NO. The lowest BCUT2D eigenvalue weighted by Crippen LogP contribution is -2.22. The van der Waals surface area contributed by atoms with E-state index in [1.807, 2.05) is 0 Å². The van der Waals surface area contributed by atoms with Crippen molar-refractivity contribution in [3.8, 4) is 0 Å². The summed E-state index contributed by atoms with van der Waals surface area (Å²) in [5.41, 5.74) is 0.743. The number of hydrogen-bond acceptors (Lipinski definition) is 2. The highest BCUT2D eigenvalue weighted by Crippen LogP contribution is 2.28. The van der Waals surface area contributed by atoms with Crippen LogP contribution in [0.15, 0.2) is 18.2 Å². The van der Waals surface area contributed by atoms with Crippen molar-refractivity contribution in [2.24, 2.45) is 0 Å². The Morgan fingerprint density at radius 2 is 2.00 bits per heavy atom. The van der Waals surface area contributed by atoms with Gasteiger partial charge in [0.2, 0.25) is 0 Å². The van der Waals surface area contributed by atoms with Gasteiger partial charge in [-0.3, -0.25) is 0 Å². The first-order valence-electron chi connectivity index (χ1n) is 5.60. The maximum absolute atomic E-state index is 11.9. The predicted molar refractivity (Wildman–Crippen MR) is 69.8 cm³/mol. The van der Waals surface area contributed by atoms with Gasteiger partial charge < -0.3 is 10.1 Å². The first-order valence-corrected chi connectivity index (χ1v) is 6.36. The fraction of sp³-hybridized carbons (Fsp3) is 0.500. The molecule has 0 aliphatic rings. The lowest BCUT2D eigenvalue weighted by Gasteiger charge is -2.18. The normalized spacial score (nSPS) is 13.6. The molecule has 0 aliphatic heterocycles. The van der Waals surface area contributed by atoms with Crippen LogP contribution in [0.1, 0.15) is 18.0 Å². The average Bonchev–Trinajstić information content (AvgIpc) is 2.32. The number of hydrogen-bond donors (Lipinski definition) is 1. The third-order valence-electron chi connectivity index (χ3n) is 2.50. The standard InChI is InChI=1S/C12H14Cl2F3NO/c1-18-11(4-5-19-7-12(15,16)17)9-6-8(13)2-3-10(9)14/h2-3,6,11,18H,4-5,7H2,1H3. The van der Waals surface area contributed by atoms with Gasteiger partial charge in [-0.15, -0.1) is 0 Å². The molecule has 1 unspecified atom stereocenters.